The molecular formula is C27H22F2N6O3. The lowest BCUT2D eigenvalue weighted by molar-refractivity contribution is -0.116. The predicted octanol–water partition coefficient (Wildman–Crippen LogP) is 4.08. The number of ether oxygens (including phenoxy) is 1. The fourth-order valence-electron chi connectivity index (χ4n) is 4.51. The van der Waals surface area contributed by atoms with Crippen LogP contribution in [0.15, 0.2) is 76.1 Å². The number of halogens is 2. The monoisotopic (exact) mass is 516 g/mol. The van der Waals surface area contributed by atoms with Gasteiger partial charge in [-0.3, -0.25) is 4.79 Å². The first-order valence-corrected chi connectivity index (χ1v) is 12.0. The minimum Gasteiger partial charge on any atom is -0.403 e. The zero-order valence-electron chi connectivity index (χ0n) is 20.0. The third-order valence-electron chi connectivity index (χ3n) is 6.28. The first-order chi connectivity index (χ1) is 18.6. The van der Waals surface area contributed by atoms with Crippen LogP contribution < -0.4 is 15.5 Å². The summed E-state index contributed by atoms with van der Waals surface area (Å²) in [5.41, 5.74) is 3.03. The lowest BCUT2D eigenvalue weighted by atomic mass is 10.0. The molecule has 4 aromatic rings. The van der Waals surface area contributed by atoms with E-state index in [0.717, 1.165) is 17.2 Å². The smallest absolute Gasteiger partial charge is 0.317 e. The fraction of sp³-hybridized carbons (Fsp3) is 0.185. The topological polar surface area (TPSA) is 105 Å². The van der Waals surface area contributed by atoms with Gasteiger partial charge < -0.3 is 24.7 Å². The largest absolute Gasteiger partial charge is 0.403 e. The Bertz CT molecular complexity index is 1520. The van der Waals surface area contributed by atoms with Crippen LogP contribution >= 0.6 is 0 Å². The Morgan fingerprint density at radius 1 is 0.974 bits per heavy atom. The average Bonchev–Trinajstić information content (AvgIpc) is 3.34. The maximum absolute atomic E-state index is 15.0. The number of benzodiazepines with no additional fused rings is 1. The summed E-state index contributed by atoms with van der Waals surface area (Å²) in [7, 11) is 0. The SMILES string of the molecule is O=C1Nc2ccccc2C(c2ccccc2)=NC1Nc1nnc(-c2c(F)cc(F)cc2N2CCOCC2)o1. The van der Waals surface area contributed by atoms with Gasteiger partial charge in [-0.05, 0) is 12.1 Å². The van der Waals surface area contributed by atoms with Crippen LogP contribution in [0.4, 0.5) is 26.2 Å². The number of nitrogens with one attached hydrogen (secondary N) is 2. The Kier molecular flexibility index (Phi) is 6.26. The van der Waals surface area contributed by atoms with Crippen LogP contribution in [0.25, 0.3) is 11.5 Å². The molecule has 2 aliphatic rings. The summed E-state index contributed by atoms with van der Waals surface area (Å²) in [6.07, 6.45) is -1.12. The van der Waals surface area contributed by atoms with Gasteiger partial charge in [0.1, 0.15) is 11.6 Å². The van der Waals surface area contributed by atoms with Gasteiger partial charge in [0, 0.05) is 30.3 Å². The Hall–Kier alpha value is -4.64. The van der Waals surface area contributed by atoms with Crippen LogP contribution in [0.3, 0.4) is 0 Å². The van der Waals surface area contributed by atoms with Gasteiger partial charge in [0.15, 0.2) is 0 Å². The molecule has 1 saturated heterocycles. The molecule has 1 amide bonds. The second-order valence-electron chi connectivity index (χ2n) is 8.72. The summed E-state index contributed by atoms with van der Waals surface area (Å²) in [5.74, 6) is -2.15. The molecule has 192 valence electrons. The molecule has 0 saturated carbocycles. The van der Waals surface area contributed by atoms with Gasteiger partial charge in [-0.25, -0.2) is 13.8 Å². The van der Waals surface area contributed by atoms with Crippen molar-refractivity contribution in [2.75, 3.05) is 41.8 Å². The zero-order chi connectivity index (χ0) is 26.1. The van der Waals surface area contributed by atoms with Gasteiger partial charge in [0.25, 0.3) is 11.8 Å². The molecule has 3 heterocycles. The van der Waals surface area contributed by atoms with Crippen molar-refractivity contribution in [3.05, 3.63) is 89.5 Å². The highest BCUT2D eigenvalue weighted by atomic mass is 19.1. The Morgan fingerprint density at radius 2 is 1.74 bits per heavy atom. The van der Waals surface area contributed by atoms with E-state index in [0.29, 0.717) is 37.7 Å². The number of benzene rings is 3. The molecule has 3 aromatic carbocycles. The van der Waals surface area contributed by atoms with E-state index < -0.39 is 23.7 Å². The number of aliphatic imine (C=N–C) groups is 1. The number of anilines is 3. The van der Waals surface area contributed by atoms with Gasteiger partial charge in [-0.2, -0.15) is 0 Å². The normalized spacial score (nSPS) is 17.3. The molecule has 11 heteroatoms. The van der Waals surface area contributed by atoms with E-state index in [2.05, 4.69) is 25.8 Å². The molecule has 0 bridgehead atoms. The molecular weight excluding hydrogens is 494 g/mol. The summed E-state index contributed by atoms with van der Waals surface area (Å²) in [6.45, 7) is 1.76. The van der Waals surface area contributed by atoms with Crippen molar-refractivity contribution < 1.29 is 22.7 Å². The summed E-state index contributed by atoms with van der Waals surface area (Å²) in [4.78, 5) is 19.6. The van der Waals surface area contributed by atoms with Crippen LogP contribution in [0, 0.1) is 11.6 Å². The number of fused-ring (bicyclic) bond motifs is 1. The molecule has 2 N–H and O–H groups in total. The Labute approximate surface area is 216 Å². The summed E-state index contributed by atoms with van der Waals surface area (Å²) < 4.78 is 40.2. The Morgan fingerprint density at radius 3 is 2.55 bits per heavy atom. The highest BCUT2D eigenvalue weighted by Crippen LogP contribution is 2.35. The predicted molar refractivity (Wildman–Crippen MR) is 137 cm³/mol. The minimum atomic E-state index is -1.12. The number of aromatic nitrogens is 2. The fourth-order valence-corrected chi connectivity index (χ4v) is 4.51. The molecule has 1 atom stereocenters. The van der Waals surface area contributed by atoms with E-state index in [1.807, 2.05) is 48.5 Å². The molecule has 2 aliphatic heterocycles. The van der Waals surface area contributed by atoms with E-state index in [1.165, 1.54) is 6.07 Å². The third-order valence-corrected chi connectivity index (χ3v) is 6.28. The van der Waals surface area contributed by atoms with Gasteiger partial charge in [0.2, 0.25) is 6.17 Å². The number of hydrogen-bond donors (Lipinski definition) is 2. The van der Waals surface area contributed by atoms with E-state index in [1.54, 1.807) is 11.0 Å². The van der Waals surface area contributed by atoms with Gasteiger partial charge in [0.05, 0.1) is 35.9 Å². The standard InChI is InChI=1S/C27H22F2N6O3/c28-17-14-19(29)22(21(15-17)35-10-12-37-13-11-35)26-33-34-27(38-26)32-24-25(36)30-20-9-5-4-8-18(20)23(31-24)16-6-2-1-3-7-16/h1-9,14-15,24H,10-13H2,(H,30,36)(H,32,34). The van der Waals surface area contributed by atoms with Crippen molar-refractivity contribution >= 4 is 29.0 Å². The number of carbonyl (C=O) groups excluding carboxylic acids is 1. The third kappa shape index (κ3) is 4.59. The number of para-hydroxylation sites is 1. The highest BCUT2D eigenvalue weighted by Gasteiger charge is 2.28. The first kappa shape index (κ1) is 23.7. The second-order valence-corrected chi connectivity index (χ2v) is 8.72. The van der Waals surface area contributed by atoms with Gasteiger partial charge >= 0.3 is 6.01 Å². The van der Waals surface area contributed by atoms with Crippen LogP contribution in [0.5, 0.6) is 0 Å². The minimum absolute atomic E-state index is 0.0277. The van der Waals surface area contributed by atoms with E-state index in [9.17, 15) is 13.6 Å². The summed E-state index contributed by atoms with van der Waals surface area (Å²) in [5, 5.41) is 13.7. The number of nitrogens with zero attached hydrogens (tertiary/aromatic N) is 4. The van der Waals surface area contributed by atoms with Crippen molar-refractivity contribution in [3.63, 3.8) is 0 Å². The number of morpholine rings is 1. The second kappa shape index (κ2) is 10.0. The molecule has 1 fully saturated rings. The molecule has 9 nitrogen and oxygen atoms in total. The van der Waals surface area contributed by atoms with E-state index in [4.69, 9.17) is 9.15 Å². The number of rotatable bonds is 5. The maximum Gasteiger partial charge on any atom is 0.317 e. The number of carbonyl (C=O) groups is 1. The molecule has 6 rings (SSSR count). The number of hydrogen-bond acceptors (Lipinski definition) is 8. The lowest BCUT2D eigenvalue weighted by Crippen LogP contribution is -2.36. The molecule has 1 unspecified atom stereocenters. The summed E-state index contributed by atoms with van der Waals surface area (Å²) >= 11 is 0. The molecule has 0 spiro atoms. The van der Waals surface area contributed by atoms with Crippen LogP contribution in [-0.4, -0.2) is 54.3 Å². The van der Waals surface area contributed by atoms with Crippen molar-refractivity contribution in [3.8, 4) is 11.5 Å². The molecule has 0 aliphatic carbocycles. The highest BCUT2D eigenvalue weighted by molar-refractivity contribution is 6.19. The summed E-state index contributed by atoms with van der Waals surface area (Å²) in [6, 6.07) is 18.7. The van der Waals surface area contributed by atoms with Crippen molar-refractivity contribution in [1.29, 1.82) is 0 Å². The Balaban J connectivity index is 1.35. The lowest BCUT2D eigenvalue weighted by Gasteiger charge is -2.30. The van der Waals surface area contributed by atoms with Crippen LogP contribution in [0.2, 0.25) is 0 Å². The van der Waals surface area contributed by atoms with Crippen molar-refractivity contribution in [2.24, 2.45) is 4.99 Å². The number of amides is 1. The van der Waals surface area contributed by atoms with E-state index in [-0.39, 0.29) is 23.2 Å². The van der Waals surface area contributed by atoms with Gasteiger partial charge in [-0.1, -0.05) is 53.6 Å². The quantitative estimate of drug-likeness (QED) is 0.412. The zero-order valence-corrected chi connectivity index (χ0v) is 20.0. The van der Waals surface area contributed by atoms with Gasteiger partial charge in [-0.15, -0.1) is 5.10 Å². The average molecular weight is 517 g/mol. The molecule has 0 radical (unpaired) electrons. The van der Waals surface area contributed by atoms with Crippen LogP contribution in [0.1, 0.15) is 11.1 Å². The first-order valence-electron chi connectivity index (χ1n) is 12.0. The van der Waals surface area contributed by atoms with Crippen molar-refractivity contribution in [1.82, 2.24) is 10.2 Å². The van der Waals surface area contributed by atoms with Crippen molar-refractivity contribution in [2.45, 2.75) is 6.17 Å². The maximum atomic E-state index is 15.0. The van der Waals surface area contributed by atoms with E-state index >= 15 is 0 Å². The molecule has 1 aromatic heterocycles. The van der Waals surface area contributed by atoms with Crippen LogP contribution in [-0.2, 0) is 9.53 Å². The molecule has 38 heavy (non-hydrogen) atoms.